The van der Waals surface area contributed by atoms with Gasteiger partial charge in [-0.15, -0.1) is 0 Å². The molecule has 1 saturated heterocycles. The van der Waals surface area contributed by atoms with Crippen LogP contribution in [-0.2, 0) is 9.47 Å². The van der Waals surface area contributed by atoms with Gasteiger partial charge in [0.25, 0.3) is 5.84 Å². The van der Waals surface area contributed by atoms with E-state index in [2.05, 4.69) is 17.1 Å². The molecule has 116 valence electrons. The van der Waals surface area contributed by atoms with E-state index < -0.39 is 22.7 Å². The predicted molar refractivity (Wildman–Crippen MR) is 76.6 cm³/mol. The van der Waals surface area contributed by atoms with Crippen molar-refractivity contribution < 1.29 is 19.2 Å². The number of amidine groups is 1. The molecule has 0 aromatic heterocycles. The first-order valence-electron chi connectivity index (χ1n) is 7.27. The molecular weight excluding hydrogens is 296 g/mol. The summed E-state index contributed by atoms with van der Waals surface area (Å²) in [5, 5.41) is 19.8. The molecule has 1 aromatic carbocycles. The van der Waals surface area contributed by atoms with Crippen molar-refractivity contribution in [2.75, 3.05) is 20.3 Å². The zero-order valence-electron chi connectivity index (χ0n) is 12.5. The quantitative estimate of drug-likeness (QED) is 0.721. The molecule has 1 aromatic rings. The zero-order valence-corrected chi connectivity index (χ0v) is 12.5. The lowest BCUT2D eigenvalue weighted by molar-refractivity contribution is -0.676. The molecular formula is C16H15N4O3+. The van der Waals surface area contributed by atoms with Crippen molar-refractivity contribution in [1.82, 2.24) is 0 Å². The van der Waals surface area contributed by atoms with Gasteiger partial charge in [0.05, 0.1) is 32.5 Å². The van der Waals surface area contributed by atoms with E-state index in [4.69, 9.17) is 19.9 Å². The molecule has 0 unspecified atom stereocenters. The molecule has 0 amide bonds. The number of fused-ring (bicyclic) bond motifs is 2. The van der Waals surface area contributed by atoms with E-state index in [0.717, 1.165) is 5.56 Å². The topological polar surface area (TPSA) is 115 Å². The van der Waals surface area contributed by atoms with Crippen molar-refractivity contribution in [3.05, 3.63) is 29.8 Å². The summed E-state index contributed by atoms with van der Waals surface area (Å²) in [5.74, 6) is -0.846. The number of methoxy groups -OCH3 is 1. The Balaban J connectivity index is 1.87. The lowest BCUT2D eigenvalue weighted by atomic mass is 9.94. The Morgan fingerprint density at radius 1 is 1.22 bits per heavy atom. The molecule has 4 rings (SSSR count). The minimum Gasteiger partial charge on any atom is -0.497 e. The number of hydrogen-bond acceptors (Lipinski definition) is 6. The maximum atomic E-state index is 9.94. The van der Waals surface area contributed by atoms with Crippen molar-refractivity contribution in [3.63, 3.8) is 0 Å². The summed E-state index contributed by atoms with van der Waals surface area (Å²) in [5.41, 5.74) is 4.57. The summed E-state index contributed by atoms with van der Waals surface area (Å²) in [7, 11) is 1.58. The Kier molecular flexibility index (Phi) is 2.57. The van der Waals surface area contributed by atoms with Crippen LogP contribution in [0.2, 0.25) is 0 Å². The van der Waals surface area contributed by atoms with Gasteiger partial charge >= 0.3 is 5.91 Å². The number of ether oxygens (including phenoxy) is 3. The van der Waals surface area contributed by atoms with E-state index >= 15 is 0 Å². The van der Waals surface area contributed by atoms with Crippen LogP contribution in [0.25, 0.3) is 0 Å². The van der Waals surface area contributed by atoms with Gasteiger partial charge in [0.1, 0.15) is 5.75 Å². The van der Waals surface area contributed by atoms with Gasteiger partial charge < -0.3 is 14.2 Å². The van der Waals surface area contributed by atoms with Crippen LogP contribution in [0.5, 0.6) is 5.75 Å². The molecule has 1 spiro atoms. The molecule has 1 saturated carbocycles. The Morgan fingerprint density at radius 2 is 1.87 bits per heavy atom. The number of rotatable bonds is 2. The number of nitrogens with two attached hydrogens (primary N) is 1. The van der Waals surface area contributed by atoms with Gasteiger partial charge in [-0.1, -0.05) is 12.1 Å². The molecule has 23 heavy (non-hydrogen) atoms. The van der Waals surface area contributed by atoms with Crippen LogP contribution in [0.15, 0.2) is 24.3 Å². The van der Waals surface area contributed by atoms with Gasteiger partial charge in [-0.25, -0.2) is 4.99 Å². The molecule has 1 aliphatic carbocycles. The van der Waals surface area contributed by atoms with E-state index in [0.29, 0.717) is 19.0 Å². The lowest BCUT2D eigenvalue weighted by Gasteiger charge is -2.23. The third kappa shape index (κ3) is 1.29. The fraction of sp³-hybridized carbons (Fsp3) is 0.438. The molecule has 2 fully saturated rings. The van der Waals surface area contributed by atoms with Crippen LogP contribution < -0.4 is 15.5 Å². The first-order chi connectivity index (χ1) is 11.1. The average molecular weight is 311 g/mol. The second kappa shape index (κ2) is 4.23. The second-order valence-electron chi connectivity index (χ2n) is 5.90. The highest BCUT2D eigenvalue weighted by Crippen LogP contribution is 2.79. The van der Waals surface area contributed by atoms with Crippen molar-refractivity contribution >= 4 is 5.84 Å². The largest absolute Gasteiger partial charge is 0.497 e. The minimum atomic E-state index is -1.36. The van der Waals surface area contributed by atoms with E-state index in [1.54, 1.807) is 19.2 Å². The second-order valence-corrected chi connectivity index (χ2v) is 5.90. The van der Waals surface area contributed by atoms with E-state index in [-0.39, 0.29) is 5.84 Å². The Hall–Kier alpha value is -2.61. The van der Waals surface area contributed by atoms with E-state index in [1.165, 1.54) is 0 Å². The van der Waals surface area contributed by atoms with Crippen LogP contribution in [0.3, 0.4) is 0 Å². The number of benzene rings is 1. The van der Waals surface area contributed by atoms with Crippen molar-refractivity contribution in [2.24, 2.45) is 16.6 Å². The van der Waals surface area contributed by atoms with Gasteiger partial charge in [-0.2, -0.15) is 10.5 Å². The van der Waals surface area contributed by atoms with Crippen LogP contribution in [0.4, 0.5) is 0 Å². The summed E-state index contributed by atoms with van der Waals surface area (Å²) >= 11 is 0. The fourth-order valence-electron chi connectivity index (χ4n) is 4.11. The predicted octanol–water partition coefficient (Wildman–Crippen LogP) is -1.04. The minimum absolute atomic E-state index is 0.226. The fourth-order valence-corrected chi connectivity index (χ4v) is 4.11. The molecule has 7 heteroatoms. The van der Waals surface area contributed by atoms with Crippen molar-refractivity contribution in [2.45, 2.75) is 11.8 Å². The summed E-state index contributed by atoms with van der Waals surface area (Å²) in [6.07, 6.45) is 0. The Labute approximate surface area is 132 Å². The first kappa shape index (κ1) is 14.0. The molecule has 2 aliphatic heterocycles. The molecule has 3 aliphatic rings. The lowest BCUT2D eigenvalue weighted by Crippen LogP contribution is -2.89. The van der Waals surface area contributed by atoms with Crippen molar-refractivity contribution in [1.29, 1.82) is 10.5 Å². The van der Waals surface area contributed by atoms with Crippen LogP contribution >= 0.6 is 0 Å². The molecule has 3 atom stereocenters. The zero-order chi connectivity index (χ0) is 16.3. The van der Waals surface area contributed by atoms with Crippen molar-refractivity contribution in [3.8, 4) is 17.9 Å². The third-order valence-corrected chi connectivity index (χ3v) is 5.14. The van der Waals surface area contributed by atoms with E-state index in [1.807, 2.05) is 12.1 Å². The van der Waals surface area contributed by atoms with Gasteiger partial charge in [-0.3, -0.25) is 5.73 Å². The van der Waals surface area contributed by atoms with Gasteiger partial charge in [0.2, 0.25) is 0 Å². The number of nitriles is 2. The van der Waals surface area contributed by atoms with Crippen LogP contribution in [-0.4, -0.2) is 32.1 Å². The highest BCUT2D eigenvalue weighted by atomic mass is 16.8. The maximum Gasteiger partial charge on any atom is 0.343 e. The molecule has 7 nitrogen and oxygen atoms in total. The standard InChI is InChI=1S/C16H14N4O3/c1-21-11-4-2-10(3-5-11)12-14(8-17)13(19)20-16(15(12,14)9-18)22-6-7-23-16/h2-5,12H,6-7H2,1H3,(H2,19,20)/p+1/t12-,14-,15-/m1/s1. The summed E-state index contributed by atoms with van der Waals surface area (Å²) in [4.78, 5) is 2.91. The van der Waals surface area contributed by atoms with Crippen LogP contribution in [0, 0.1) is 33.5 Å². The molecule has 0 bridgehead atoms. The SMILES string of the molecule is COc1ccc([C@@H]2[C@]3(C#N)C(N)=[NH+]C4(OCCO4)[C@]23C#N)cc1. The summed E-state index contributed by atoms with van der Waals surface area (Å²) in [6.45, 7) is 0.696. The Morgan fingerprint density at radius 3 is 2.39 bits per heavy atom. The van der Waals surface area contributed by atoms with E-state index in [9.17, 15) is 10.5 Å². The molecule has 2 heterocycles. The number of nitrogens with zero attached hydrogens (tertiary/aromatic N) is 2. The average Bonchev–Trinajstić information content (AvgIpc) is 2.83. The number of nitrogens with one attached hydrogen (secondary N) is 1. The maximum absolute atomic E-state index is 9.94. The molecule has 3 N–H and O–H groups in total. The van der Waals surface area contributed by atoms with Gasteiger partial charge in [-0.05, 0) is 17.7 Å². The monoisotopic (exact) mass is 311 g/mol. The highest BCUT2D eigenvalue weighted by Gasteiger charge is 2.97. The third-order valence-electron chi connectivity index (χ3n) is 5.14. The first-order valence-corrected chi connectivity index (χ1v) is 7.27. The van der Waals surface area contributed by atoms with Gasteiger partial charge in [0.15, 0.2) is 10.8 Å². The summed E-state index contributed by atoms with van der Waals surface area (Å²) < 4.78 is 16.6. The highest BCUT2D eigenvalue weighted by molar-refractivity contribution is 5.95. The van der Waals surface area contributed by atoms with Crippen LogP contribution in [0.1, 0.15) is 11.5 Å². The normalized spacial score (nSPS) is 36.0. The summed E-state index contributed by atoms with van der Waals surface area (Å²) in [6, 6.07) is 11.8. The smallest absolute Gasteiger partial charge is 0.343 e. The number of hydrogen-bond donors (Lipinski definition) is 2. The van der Waals surface area contributed by atoms with Gasteiger partial charge in [0, 0.05) is 5.92 Å². The molecule has 0 radical (unpaired) electrons. The Bertz CT molecular complexity index is 785.